The van der Waals surface area contributed by atoms with E-state index in [2.05, 4.69) is 15.4 Å². The molecule has 2 unspecified atom stereocenters. The lowest BCUT2D eigenvalue weighted by atomic mass is 9.95. The normalized spacial score (nSPS) is 13.9. The summed E-state index contributed by atoms with van der Waals surface area (Å²) < 4.78 is 15.6. The van der Waals surface area contributed by atoms with Gasteiger partial charge in [-0.1, -0.05) is 31.5 Å². The minimum Gasteiger partial charge on any atom is -0.347 e. The van der Waals surface area contributed by atoms with Crippen molar-refractivity contribution in [1.29, 1.82) is 0 Å². The molecule has 0 aliphatic heterocycles. The van der Waals surface area contributed by atoms with Crippen LogP contribution in [0.2, 0.25) is 5.02 Å². The number of amides is 1. The molecule has 1 aromatic heterocycles. The van der Waals surface area contributed by atoms with Gasteiger partial charge in [-0.15, -0.1) is 0 Å². The summed E-state index contributed by atoms with van der Waals surface area (Å²) in [7, 11) is 0. The van der Waals surface area contributed by atoms with E-state index >= 15 is 0 Å². The number of hydrogen-bond acceptors (Lipinski definition) is 3. The highest BCUT2D eigenvalue weighted by atomic mass is 35.5. The van der Waals surface area contributed by atoms with Crippen LogP contribution in [0.4, 0.5) is 4.39 Å². The van der Waals surface area contributed by atoms with Crippen molar-refractivity contribution in [2.45, 2.75) is 32.9 Å². The van der Waals surface area contributed by atoms with E-state index in [0.717, 1.165) is 0 Å². The molecule has 2 rings (SSSR count). The van der Waals surface area contributed by atoms with E-state index in [1.165, 1.54) is 23.4 Å². The Balaban J connectivity index is 2.20. The van der Waals surface area contributed by atoms with E-state index in [-0.39, 0.29) is 11.8 Å². The zero-order chi connectivity index (χ0) is 16.3. The highest BCUT2D eigenvalue weighted by Gasteiger charge is 2.25. The molecule has 1 aromatic carbocycles. The van der Waals surface area contributed by atoms with Gasteiger partial charge in [-0.3, -0.25) is 4.79 Å². The molecule has 0 bridgehead atoms. The first-order valence-corrected chi connectivity index (χ1v) is 7.37. The second-order valence-electron chi connectivity index (χ2n) is 5.45. The monoisotopic (exact) mass is 324 g/mol. The molecule has 1 amide bonds. The van der Waals surface area contributed by atoms with E-state index in [1.807, 2.05) is 13.8 Å². The summed E-state index contributed by atoms with van der Waals surface area (Å²) in [6.07, 6.45) is 2.83. The average molecular weight is 325 g/mol. The maximum Gasteiger partial charge on any atom is 0.245 e. The van der Waals surface area contributed by atoms with E-state index < -0.39 is 17.9 Å². The average Bonchev–Trinajstić information content (AvgIpc) is 2.98. The van der Waals surface area contributed by atoms with Gasteiger partial charge in [-0.05, 0) is 25.0 Å². The van der Waals surface area contributed by atoms with Gasteiger partial charge < -0.3 is 5.32 Å². The number of benzene rings is 1. The molecular formula is C15H18ClFN4O. The maximum atomic E-state index is 14.1. The van der Waals surface area contributed by atoms with Crippen molar-refractivity contribution in [3.63, 3.8) is 0 Å². The Morgan fingerprint density at radius 1 is 1.36 bits per heavy atom. The van der Waals surface area contributed by atoms with Crippen molar-refractivity contribution in [2.75, 3.05) is 0 Å². The Morgan fingerprint density at radius 3 is 2.64 bits per heavy atom. The van der Waals surface area contributed by atoms with Crippen LogP contribution in [0, 0.1) is 11.7 Å². The van der Waals surface area contributed by atoms with Gasteiger partial charge in [0, 0.05) is 10.6 Å². The lowest BCUT2D eigenvalue weighted by Gasteiger charge is -2.25. The Labute approximate surface area is 133 Å². The number of nitrogens with zero attached hydrogens (tertiary/aromatic N) is 3. The molecule has 0 saturated heterocycles. The van der Waals surface area contributed by atoms with Crippen LogP contribution in [-0.4, -0.2) is 20.7 Å². The first-order valence-electron chi connectivity index (χ1n) is 6.99. The fourth-order valence-corrected chi connectivity index (χ4v) is 2.33. The van der Waals surface area contributed by atoms with Crippen molar-refractivity contribution >= 4 is 17.5 Å². The molecule has 0 aliphatic rings. The minimum absolute atomic E-state index is 0.0163. The summed E-state index contributed by atoms with van der Waals surface area (Å²) in [5.41, 5.74) is 0.415. The third-order valence-corrected chi connectivity index (χ3v) is 3.71. The smallest absolute Gasteiger partial charge is 0.245 e. The number of hydrogen-bond donors (Lipinski definition) is 1. The fraction of sp³-hybridized carbons (Fsp3) is 0.400. The predicted molar refractivity (Wildman–Crippen MR) is 81.9 cm³/mol. The van der Waals surface area contributed by atoms with Crippen LogP contribution < -0.4 is 5.32 Å². The third kappa shape index (κ3) is 3.62. The van der Waals surface area contributed by atoms with Crippen LogP contribution in [0.15, 0.2) is 30.9 Å². The van der Waals surface area contributed by atoms with E-state index in [9.17, 15) is 9.18 Å². The molecule has 118 valence electrons. The minimum atomic E-state index is -0.529. The summed E-state index contributed by atoms with van der Waals surface area (Å²) in [4.78, 5) is 16.2. The summed E-state index contributed by atoms with van der Waals surface area (Å²) in [6.45, 7) is 5.54. The van der Waals surface area contributed by atoms with Crippen molar-refractivity contribution in [1.82, 2.24) is 20.1 Å². The number of halogens is 2. The molecule has 0 aliphatic carbocycles. The quantitative estimate of drug-likeness (QED) is 0.919. The summed E-state index contributed by atoms with van der Waals surface area (Å²) in [5, 5.41) is 7.14. The maximum absolute atomic E-state index is 14.1. The third-order valence-electron chi connectivity index (χ3n) is 3.47. The highest BCUT2D eigenvalue weighted by molar-refractivity contribution is 6.30. The summed E-state index contributed by atoms with van der Waals surface area (Å²) >= 11 is 5.78. The van der Waals surface area contributed by atoms with Gasteiger partial charge in [0.15, 0.2) is 0 Å². The van der Waals surface area contributed by atoms with Gasteiger partial charge in [-0.25, -0.2) is 14.1 Å². The lowest BCUT2D eigenvalue weighted by molar-refractivity contribution is -0.125. The number of carbonyl (C=O) groups excluding carboxylic acids is 1. The van der Waals surface area contributed by atoms with Crippen LogP contribution in [0.5, 0.6) is 0 Å². The molecule has 0 spiro atoms. The van der Waals surface area contributed by atoms with Gasteiger partial charge in [0.1, 0.15) is 24.5 Å². The molecule has 7 heteroatoms. The predicted octanol–water partition coefficient (Wildman–Crippen LogP) is 3.15. The van der Waals surface area contributed by atoms with Crippen molar-refractivity contribution in [3.05, 3.63) is 47.3 Å². The molecule has 0 radical (unpaired) electrons. The van der Waals surface area contributed by atoms with Crippen molar-refractivity contribution < 1.29 is 9.18 Å². The van der Waals surface area contributed by atoms with E-state index in [0.29, 0.717) is 10.6 Å². The number of carbonyl (C=O) groups is 1. The molecule has 1 heterocycles. The standard InChI is InChI=1S/C15H18ClFN4O/c1-9(2)14(12-5-4-11(16)6-13(12)17)20-15(22)10(3)21-8-18-7-19-21/h4-10,14H,1-3H3,(H,20,22). The SMILES string of the molecule is CC(C)C(NC(=O)C(C)n1cncn1)c1ccc(Cl)cc1F. The first kappa shape index (κ1) is 16.4. The van der Waals surface area contributed by atoms with Gasteiger partial charge in [0.2, 0.25) is 5.91 Å². The zero-order valence-corrected chi connectivity index (χ0v) is 13.4. The van der Waals surface area contributed by atoms with Gasteiger partial charge in [0.25, 0.3) is 0 Å². The Bertz CT molecular complexity index is 645. The second-order valence-corrected chi connectivity index (χ2v) is 5.88. The molecule has 2 aromatic rings. The molecule has 2 atom stereocenters. The molecular weight excluding hydrogens is 307 g/mol. The molecule has 0 saturated carbocycles. The summed E-state index contributed by atoms with van der Waals surface area (Å²) in [6, 6.07) is 3.49. The molecule has 22 heavy (non-hydrogen) atoms. The van der Waals surface area contributed by atoms with Crippen LogP contribution in [0.3, 0.4) is 0 Å². The lowest BCUT2D eigenvalue weighted by Crippen LogP contribution is -2.37. The van der Waals surface area contributed by atoms with Crippen LogP contribution in [0.25, 0.3) is 0 Å². The zero-order valence-electron chi connectivity index (χ0n) is 12.6. The van der Waals surface area contributed by atoms with Crippen LogP contribution in [-0.2, 0) is 4.79 Å². The Hall–Kier alpha value is -1.95. The highest BCUT2D eigenvalue weighted by Crippen LogP contribution is 2.26. The van der Waals surface area contributed by atoms with E-state index in [1.54, 1.807) is 19.1 Å². The number of nitrogens with one attached hydrogen (secondary N) is 1. The molecule has 1 N–H and O–H groups in total. The topological polar surface area (TPSA) is 59.8 Å². The van der Waals surface area contributed by atoms with Gasteiger partial charge in [0.05, 0.1) is 6.04 Å². The second kappa shape index (κ2) is 6.87. The fourth-order valence-electron chi connectivity index (χ4n) is 2.17. The van der Waals surface area contributed by atoms with Crippen molar-refractivity contribution in [2.24, 2.45) is 5.92 Å². The Kier molecular flexibility index (Phi) is 5.13. The van der Waals surface area contributed by atoms with Crippen molar-refractivity contribution in [3.8, 4) is 0 Å². The molecule has 5 nitrogen and oxygen atoms in total. The number of rotatable bonds is 5. The Morgan fingerprint density at radius 2 is 2.09 bits per heavy atom. The molecule has 0 fully saturated rings. The van der Waals surface area contributed by atoms with Gasteiger partial charge >= 0.3 is 0 Å². The first-order chi connectivity index (χ1) is 10.4. The van der Waals surface area contributed by atoms with E-state index in [4.69, 9.17) is 11.6 Å². The largest absolute Gasteiger partial charge is 0.347 e. The summed E-state index contributed by atoms with van der Waals surface area (Å²) in [5.74, 6) is -0.666. The van der Waals surface area contributed by atoms with Crippen LogP contribution in [0.1, 0.15) is 38.4 Å². The van der Waals surface area contributed by atoms with Gasteiger partial charge in [-0.2, -0.15) is 5.10 Å². The number of aromatic nitrogens is 3. The van der Waals surface area contributed by atoms with Crippen LogP contribution >= 0.6 is 11.6 Å².